The molecule has 0 unspecified atom stereocenters. The van der Waals surface area contributed by atoms with Crippen molar-refractivity contribution in [3.63, 3.8) is 0 Å². The minimum Gasteiger partial charge on any atom is -0.493 e. The molecule has 1 rings (SSSR count). The maximum absolute atomic E-state index is 10.8. The molecule has 0 spiro atoms. The van der Waals surface area contributed by atoms with Crippen LogP contribution in [0.5, 0.6) is 5.75 Å². The Bertz CT molecular complexity index is 307. The van der Waals surface area contributed by atoms with Gasteiger partial charge in [0.1, 0.15) is 5.69 Å². The molecule has 5 heteroatoms. The number of hydrogen-bond donors (Lipinski definition) is 0. The van der Waals surface area contributed by atoms with Crippen LogP contribution in [0.15, 0.2) is 6.20 Å². The van der Waals surface area contributed by atoms with Gasteiger partial charge in [0.15, 0.2) is 12.0 Å². The lowest BCUT2D eigenvalue weighted by atomic mass is 10.4. The Morgan fingerprint density at radius 3 is 2.86 bits per heavy atom. The molecule has 78 valence electrons. The lowest BCUT2D eigenvalue weighted by Crippen LogP contribution is -2.20. The van der Waals surface area contributed by atoms with Crippen LogP contribution < -0.4 is 4.74 Å². The Balaban J connectivity index is 2.76. The minimum atomic E-state index is 0.495. The van der Waals surface area contributed by atoms with Gasteiger partial charge in [0.05, 0.1) is 19.9 Å². The number of methoxy groups -OCH3 is 1. The van der Waals surface area contributed by atoms with Crippen molar-refractivity contribution in [1.29, 1.82) is 0 Å². The molecule has 0 saturated heterocycles. The van der Waals surface area contributed by atoms with Crippen molar-refractivity contribution in [2.45, 2.75) is 6.54 Å². The number of aldehydes is 1. The van der Waals surface area contributed by atoms with Gasteiger partial charge in [-0.15, -0.1) is 0 Å². The van der Waals surface area contributed by atoms with E-state index < -0.39 is 0 Å². The maximum atomic E-state index is 10.8. The van der Waals surface area contributed by atoms with Crippen molar-refractivity contribution in [3.05, 3.63) is 11.9 Å². The van der Waals surface area contributed by atoms with E-state index in [1.54, 1.807) is 10.9 Å². The van der Waals surface area contributed by atoms with Crippen molar-refractivity contribution in [2.75, 3.05) is 27.7 Å². The number of ether oxygens (including phenoxy) is 1. The molecular formula is C9H15N3O2. The number of likely N-dealkylation sites (N-methyl/N-ethyl adjacent to an activating group) is 1. The predicted octanol–water partition coefficient (Wildman–Crippen LogP) is 0.266. The molecule has 0 aliphatic carbocycles. The zero-order valence-corrected chi connectivity index (χ0v) is 8.73. The van der Waals surface area contributed by atoms with E-state index in [2.05, 4.69) is 5.10 Å². The highest BCUT2D eigenvalue weighted by Gasteiger charge is 2.09. The van der Waals surface area contributed by atoms with Crippen molar-refractivity contribution < 1.29 is 9.53 Å². The van der Waals surface area contributed by atoms with Gasteiger partial charge in [0, 0.05) is 6.54 Å². The third-order valence-corrected chi connectivity index (χ3v) is 1.94. The SMILES string of the molecule is COc1cnn(CCN(C)C)c1C=O. The fourth-order valence-corrected chi connectivity index (χ4v) is 1.13. The third-order valence-electron chi connectivity index (χ3n) is 1.94. The number of hydrogen-bond acceptors (Lipinski definition) is 4. The Morgan fingerprint density at radius 1 is 1.64 bits per heavy atom. The van der Waals surface area contributed by atoms with E-state index in [-0.39, 0.29) is 0 Å². The summed E-state index contributed by atoms with van der Waals surface area (Å²) in [7, 11) is 5.48. The van der Waals surface area contributed by atoms with Crippen LogP contribution in [-0.2, 0) is 6.54 Å². The normalized spacial score (nSPS) is 10.6. The molecule has 0 N–H and O–H groups in total. The summed E-state index contributed by atoms with van der Waals surface area (Å²) in [5.41, 5.74) is 0.495. The average molecular weight is 197 g/mol. The van der Waals surface area contributed by atoms with E-state index in [0.29, 0.717) is 18.0 Å². The molecule has 0 atom stereocenters. The van der Waals surface area contributed by atoms with Crippen molar-refractivity contribution in [2.24, 2.45) is 0 Å². The molecule has 0 amide bonds. The summed E-state index contributed by atoms with van der Waals surface area (Å²) in [6, 6.07) is 0. The molecule has 14 heavy (non-hydrogen) atoms. The molecule has 0 bridgehead atoms. The van der Waals surface area contributed by atoms with Crippen LogP contribution in [-0.4, -0.2) is 48.7 Å². The molecular weight excluding hydrogens is 182 g/mol. The molecule has 0 radical (unpaired) electrons. The number of nitrogens with zero attached hydrogens (tertiary/aromatic N) is 3. The average Bonchev–Trinajstić information content (AvgIpc) is 2.56. The second-order valence-electron chi connectivity index (χ2n) is 3.24. The summed E-state index contributed by atoms with van der Waals surface area (Å²) in [5, 5.41) is 4.06. The Labute approximate surface area is 83.3 Å². The lowest BCUT2D eigenvalue weighted by Gasteiger charge is -2.09. The smallest absolute Gasteiger partial charge is 0.171 e. The summed E-state index contributed by atoms with van der Waals surface area (Å²) in [6.45, 7) is 1.52. The van der Waals surface area contributed by atoms with Crippen molar-refractivity contribution in [3.8, 4) is 5.75 Å². The first-order valence-corrected chi connectivity index (χ1v) is 4.38. The van der Waals surface area contributed by atoms with Crippen LogP contribution >= 0.6 is 0 Å². The van der Waals surface area contributed by atoms with E-state index >= 15 is 0 Å². The first kappa shape index (κ1) is 10.7. The highest BCUT2D eigenvalue weighted by Crippen LogP contribution is 2.14. The van der Waals surface area contributed by atoms with E-state index in [1.165, 1.54) is 7.11 Å². The monoisotopic (exact) mass is 197 g/mol. The molecule has 0 aliphatic heterocycles. The minimum absolute atomic E-state index is 0.495. The molecule has 1 aromatic rings. The fraction of sp³-hybridized carbons (Fsp3) is 0.556. The van der Waals surface area contributed by atoms with Gasteiger partial charge in [-0.25, -0.2) is 0 Å². The summed E-state index contributed by atoms with van der Waals surface area (Å²) in [4.78, 5) is 12.8. The van der Waals surface area contributed by atoms with Gasteiger partial charge in [-0.05, 0) is 14.1 Å². The first-order chi connectivity index (χ1) is 6.69. The van der Waals surface area contributed by atoms with E-state index in [1.807, 2.05) is 19.0 Å². The van der Waals surface area contributed by atoms with Gasteiger partial charge in [0.25, 0.3) is 0 Å². The zero-order chi connectivity index (χ0) is 10.6. The van der Waals surface area contributed by atoms with Crippen LogP contribution in [0.25, 0.3) is 0 Å². The third kappa shape index (κ3) is 2.32. The summed E-state index contributed by atoms with van der Waals surface area (Å²) < 4.78 is 6.64. The van der Waals surface area contributed by atoms with Crippen LogP contribution in [0.4, 0.5) is 0 Å². The number of carbonyl (C=O) groups is 1. The Kier molecular flexibility index (Phi) is 3.64. The summed E-state index contributed by atoms with van der Waals surface area (Å²) >= 11 is 0. The lowest BCUT2D eigenvalue weighted by molar-refractivity contribution is 0.111. The van der Waals surface area contributed by atoms with Gasteiger partial charge in [0.2, 0.25) is 0 Å². The molecule has 0 saturated carbocycles. The van der Waals surface area contributed by atoms with Gasteiger partial charge < -0.3 is 9.64 Å². The number of carbonyl (C=O) groups excluding carboxylic acids is 1. The van der Waals surface area contributed by atoms with Gasteiger partial charge in [-0.2, -0.15) is 5.10 Å². The highest BCUT2D eigenvalue weighted by atomic mass is 16.5. The number of rotatable bonds is 5. The van der Waals surface area contributed by atoms with Crippen LogP contribution in [0, 0.1) is 0 Å². The van der Waals surface area contributed by atoms with Gasteiger partial charge in [-0.1, -0.05) is 0 Å². The van der Waals surface area contributed by atoms with Gasteiger partial charge in [-0.3, -0.25) is 9.48 Å². The molecule has 0 aromatic carbocycles. The largest absolute Gasteiger partial charge is 0.493 e. The predicted molar refractivity (Wildman–Crippen MR) is 52.7 cm³/mol. The standard InChI is InChI=1S/C9H15N3O2/c1-11(2)4-5-12-8(7-13)9(14-3)6-10-12/h6-7H,4-5H2,1-3H3. The first-order valence-electron chi connectivity index (χ1n) is 4.38. The summed E-state index contributed by atoms with van der Waals surface area (Å²) in [5.74, 6) is 0.527. The Morgan fingerprint density at radius 2 is 2.36 bits per heavy atom. The molecule has 1 aromatic heterocycles. The van der Waals surface area contributed by atoms with Crippen LogP contribution in [0.1, 0.15) is 10.5 Å². The molecule has 1 heterocycles. The maximum Gasteiger partial charge on any atom is 0.171 e. The van der Waals surface area contributed by atoms with Crippen LogP contribution in [0.3, 0.4) is 0 Å². The van der Waals surface area contributed by atoms with E-state index in [4.69, 9.17) is 4.74 Å². The fourth-order valence-electron chi connectivity index (χ4n) is 1.13. The molecule has 5 nitrogen and oxygen atoms in total. The molecule has 0 fully saturated rings. The van der Waals surface area contributed by atoms with Crippen molar-refractivity contribution in [1.82, 2.24) is 14.7 Å². The van der Waals surface area contributed by atoms with Gasteiger partial charge >= 0.3 is 0 Å². The number of aromatic nitrogens is 2. The molecule has 0 aliphatic rings. The quantitative estimate of drug-likeness (QED) is 0.635. The topological polar surface area (TPSA) is 47.4 Å². The highest BCUT2D eigenvalue weighted by molar-refractivity contribution is 5.76. The summed E-state index contributed by atoms with van der Waals surface area (Å²) in [6.07, 6.45) is 2.32. The zero-order valence-electron chi connectivity index (χ0n) is 8.73. The Hall–Kier alpha value is -1.36. The van der Waals surface area contributed by atoms with Crippen molar-refractivity contribution >= 4 is 6.29 Å². The van der Waals surface area contributed by atoms with E-state index in [0.717, 1.165) is 12.8 Å². The second-order valence-corrected chi connectivity index (χ2v) is 3.24. The van der Waals surface area contributed by atoms with Crippen LogP contribution in [0.2, 0.25) is 0 Å². The van der Waals surface area contributed by atoms with E-state index in [9.17, 15) is 4.79 Å². The second kappa shape index (κ2) is 4.76.